The minimum atomic E-state index is -0.562. The van der Waals surface area contributed by atoms with Crippen LogP contribution in [0.15, 0.2) is 5.16 Å². The molecule has 1 fully saturated rings. The van der Waals surface area contributed by atoms with E-state index in [4.69, 9.17) is 9.57 Å². The number of carbonyl (C=O) groups is 1. The molecule has 1 unspecified atom stereocenters. The predicted octanol–water partition coefficient (Wildman–Crippen LogP) is 2.22. The van der Waals surface area contributed by atoms with E-state index in [2.05, 4.69) is 10.5 Å². The van der Waals surface area contributed by atoms with Crippen LogP contribution < -0.4 is 5.32 Å². The fraction of sp³-hybridized carbons (Fsp3) is 0.818. The highest BCUT2D eigenvalue weighted by Gasteiger charge is 2.31. The van der Waals surface area contributed by atoms with E-state index in [9.17, 15) is 4.79 Å². The Morgan fingerprint density at radius 1 is 1.53 bits per heavy atom. The van der Waals surface area contributed by atoms with Crippen molar-refractivity contribution in [3.63, 3.8) is 0 Å². The zero-order valence-electron chi connectivity index (χ0n) is 10.8. The Kier molecular flexibility index (Phi) is 5.27. The van der Waals surface area contributed by atoms with E-state index in [1.165, 1.54) is 7.05 Å². The quantitative estimate of drug-likeness (QED) is 0.470. The predicted molar refractivity (Wildman–Crippen MR) is 69.2 cm³/mol. The average molecular weight is 260 g/mol. The summed E-state index contributed by atoms with van der Waals surface area (Å²) in [6, 6.07) is 0. The Bertz CT molecular complexity index is 294. The van der Waals surface area contributed by atoms with Crippen molar-refractivity contribution in [1.82, 2.24) is 5.32 Å². The van der Waals surface area contributed by atoms with Crippen molar-refractivity contribution >= 4 is 23.6 Å². The molecule has 1 aliphatic rings. The fourth-order valence-corrected chi connectivity index (χ4v) is 2.56. The number of carbonyl (C=O) groups excluding carboxylic acids is 1. The standard InChI is InChI=1S/C11H20N2O3S/c1-11(2,3)8(13-16-10(14)12-4)9-15-6-5-7-17-9/h9H,5-7H2,1-4H3,(H,12,14). The Morgan fingerprint density at radius 3 is 2.71 bits per heavy atom. The van der Waals surface area contributed by atoms with Crippen molar-refractivity contribution in [2.75, 3.05) is 19.4 Å². The molecule has 17 heavy (non-hydrogen) atoms. The number of nitrogens with zero attached hydrogens (tertiary/aromatic N) is 1. The fourth-order valence-electron chi connectivity index (χ4n) is 1.32. The summed E-state index contributed by atoms with van der Waals surface area (Å²) in [6.07, 6.45) is 0.488. The molecule has 1 atom stereocenters. The smallest absolute Gasteiger partial charge is 0.361 e. The number of thioether (sulfide) groups is 1. The van der Waals surface area contributed by atoms with E-state index in [-0.39, 0.29) is 10.9 Å². The van der Waals surface area contributed by atoms with Crippen molar-refractivity contribution in [1.29, 1.82) is 0 Å². The van der Waals surface area contributed by atoms with Gasteiger partial charge in [-0.2, -0.15) is 0 Å². The van der Waals surface area contributed by atoms with Gasteiger partial charge in [0.2, 0.25) is 0 Å². The first-order valence-electron chi connectivity index (χ1n) is 5.65. The third-order valence-corrected chi connectivity index (χ3v) is 3.44. The van der Waals surface area contributed by atoms with Crippen LogP contribution in [0.25, 0.3) is 0 Å². The molecule has 1 aliphatic heterocycles. The molecule has 5 nitrogen and oxygen atoms in total. The first kappa shape index (κ1) is 14.3. The van der Waals surface area contributed by atoms with Gasteiger partial charge in [0.25, 0.3) is 0 Å². The SMILES string of the molecule is CNC(=O)ON=C(C1OCCCS1)C(C)(C)C. The van der Waals surface area contributed by atoms with Crippen molar-refractivity contribution in [3.8, 4) is 0 Å². The Hall–Kier alpha value is -0.750. The highest BCUT2D eigenvalue weighted by Crippen LogP contribution is 2.29. The first-order chi connectivity index (χ1) is 7.95. The van der Waals surface area contributed by atoms with Gasteiger partial charge in [-0.25, -0.2) is 4.79 Å². The molecular weight excluding hydrogens is 240 g/mol. The normalized spacial score (nSPS) is 22.1. The molecule has 1 N–H and O–H groups in total. The molecule has 0 bridgehead atoms. The Labute approximate surface area is 106 Å². The summed E-state index contributed by atoms with van der Waals surface area (Å²) in [5.74, 6) is 1.04. The van der Waals surface area contributed by atoms with E-state index >= 15 is 0 Å². The summed E-state index contributed by atoms with van der Waals surface area (Å²) in [7, 11) is 1.50. The molecule has 0 aromatic heterocycles. The van der Waals surface area contributed by atoms with Crippen LogP contribution in [0.1, 0.15) is 27.2 Å². The van der Waals surface area contributed by atoms with E-state index in [1.54, 1.807) is 11.8 Å². The maximum atomic E-state index is 11.0. The van der Waals surface area contributed by atoms with Gasteiger partial charge in [-0.05, 0) is 12.2 Å². The minimum Gasteiger partial charge on any atom is -0.361 e. The maximum absolute atomic E-state index is 11.0. The molecule has 1 saturated heterocycles. The van der Waals surface area contributed by atoms with Crippen LogP contribution in [0.4, 0.5) is 4.79 Å². The molecule has 98 valence electrons. The summed E-state index contributed by atoms with van der Waals surface area (Å²) in [5, 5.41) is 6.31. The van der Waals surface area contributed by atoms with Crippen molar-refractivity contribution in [3.05, 3.63) is 0 Å². The molecule has 0 spiro atoms. The Morgan fingerprint density at radius 2 is 2.24 bits per heavy atom. The number of nitrogens with one attached hydrogen (secondary N) is 1. The lowest BCUT2D eigenvalue weighted by atomic mass is 9.90. The van der Waals surface area contributed by atoms with Crippen molar-refractivity contribution in [2.45, 2.75) is 32.6 Å². The monoisotopic (exact) mass is 260 g/mol. The van der Waals surface area contributed by atoms with Gasteiger partial charge in [-0.15, -0.1) is 11.8 Å². The van der Waals surface area contributed by atoms with Gasteiger partial charge in [0.1, 0.15) is 11.1 Å². The van der Waals surface area contributed by atoms with Crippen LogP contribution in [0.2, 0.25) is 0 Å². The molecule has 1 amide bonds. The second-order valence-corrected chi connectivity index (χ2v) is 5.95. The van der Waals surface area contributed by atoms with Crippen LogP contribution in [0, 0.1) is 5.41 Å². The highest BCUT2D eigenvalue weighted by molar-refractivity contribution is 8.00. The number of oxime groups is 1. The zero-order valence-corrected chi connectivity index (χ0v) is 11.6. The van der Waals surface area contributed by atoms with Gasteiger partial charge in [0.15, 0.2) is 0 Å². The summed E-state index contributed by atoms with van der Waals surface area (Å²) in [4.78, 5) is 15.8. The van der Waals surface area contributed by atoms with Gasteiger partial charge in [0, 0.05) is 19.1 Å². The summed E-state index contributed by atoms with van der Waals surface area (Å²) in [5.41, 5.74) is 0.447. The number of rotatable bonds is 2. The van der Waals surface area contributed by atoms with Crippen LogP contribution >= 0.6 is 11.8 Å². The molecule has 6 heteroatoms. The van der Waals surface area contributed by atoms with Gasteiger partial charge in [-0.1, -0.05) is 25.9 Å². The minimum absolute atomic E-state index is 0.117. The lowest BCUT2D eigenvalue weighted by Gasteiger charge is -2.30. The van der Waals surface area contributed by atoms with Crippen LogP contribution in [-0.4, -0.2) is 36.6 Å². The molecule has 0 aromatic carbocycles. The Balaban J connectivity index is 2.75. The molecule has 0 radical (unpaired) electrons. The molecule has 0 aliphatic carbocycles. The van der Waals surface area contributed by atoms with Crippen LogP contribution in [0.3, 0.4) is 0 Å². The number of ether oxygens (including phenoxy) is 1. The first-order valence-corrected chi connectivity index (χ1v) is 6.70. The summed E-state index contributed by atoms with van der Waals surface area (Å²) in [6.45, 7) is 6.81. The second-order valence-electron chi connectivity index (χ2n) is 4.78. The third-order valence-electron chi connectivity index (χ3n) is 2.25. The molecule has 0 aromatic rings. The van der Waals surface area contributed by atoms with Crippen molar-refractivity contribution < 1.29 is 14.4 Å². The topological polar surface area (TPSA) is 59.9 Å². The van der Waals surface area contributed by atoms with Crippen molar-refractivity contribution in [2.24, 2.45) is 10.6 Å². The lowest BCUT2D eigenvalue weighted by molar-refractivity contribution is 0.127. The lowest BCUT2D eigenvalue weighted by Crippen LogP contribution is -2.36. The average Bonchev–Trinajstić information content (AvgIpc) is 2.28. The van der Waals surface area contributed by atoms with E-state index < -0.39 is 6.09 Å². The zero-order chi connectivity index (χ0) is 12.9. The maximum Gasteiger partial charge on any atom is 0.433 e. The number of hydrogen-bond acceptors (Lipinski definition) is 5. The van der Waals surface area contributed by atoms with Gasteiger partial charge < -0.3 is 10.1 Å². The summed E-state index contributed by atoms with van der Waals surface area (Å²) < 4.78 is 5.65. The second kappa shape index (κ2) is 6.26. The summed E-state index contributed by atoms with van der Waals surface area (Å²) >= 11 is 1.69. The van der Waals surface area contributed by atoms with E-state index in [1.807, 2.05) is 20.8 Å². The molecule has 1 rings (SSSR count). The largest absolute Gasteiger partial charge is 0.433 e. The molecule has 1 heterocycles. The van der Waals surface area contributed by atoms with Crippen LogP contribution in [-0.2, 0) is 9.57 Å². The van der Waals surface area contributed by atoms with Gasteiger partial charge >= 0.3 is 6.09 Å². The highest BCUT2D eigenvalue weighted by atomic mass is 32.2. The van der Waals surface area contributed by atoms with E-state index in [0.717, 1.165) is 24.5 Å². The molecule has 0 saturated carbocycles. The number of hydrogen-bond donors (Lipinski definition) is 1. The van der Waals surface area contributed by atoms with Crippen LogP contribution in [0.5, 0.6) is 0 Å². The number of amides is 1. The van der Waals surface area contributed by atoms with Gasteiger partial charge in [-0.3, -0.25) is 4.84 Å². The third kappa shape index (κ3) is 4.55. The van der Waals surface area contributed by atoms with Gasteiger partial charge in [0.05, 0.1) is 0 Å². The molecular formula is C11H20N2O3S. The van der Waals surface area contributed by atoms with E-state index in [0.29, 0.717) is 0 Å².